The Morgan fingerprint density at radius 3 is 2.47 bits per heavy atom. The molecular formula is C30H26N2O4. The van der Waals surface area contributed by atoms with Gasteiger partial charge in [-0.25, -0.2) is 4.79 Å². The Morgan fingerprint density at radius 1 is 1.00 bits per heavy atom. The van der Waals surface area contributed by atoms with Crippen molar-refractivity contribution in [1.29, 1.82) is 0 Å². The predicted octanol–water partition coefficient (Wildman–Crippen LogP) is 5.25. The number of nitrogens with one attached hydrogen (secondary N) is 1. The summed E-state index contributed by atoms with van der Waals surface area (Å²) >= 11 is 0. The fraction of sp³-hybridized carbons (Fsp3) is 0.133. The summed E-state index contributed by atoms with van der Waals surface area (Å²) in [7, 11) is 3.10. The van der Waals surface area contributed by atoms with Gasteiger partial charge >= 0.3 is 0 Å². The van der Waals surface area contributed by atoms with E-state index < -0.39 is 6.04 Å². The first-order chi connectivity index (χ1) is 17.4. The first-order valence-corrected chi connectivity index (χ1v) is 11.5. The van der Waals surface area contributed by atoms with Gasteiger partial charge in [-0.15, -0.1) is 0 Å². The average Bonchev–Trinajstić information content (AvgIpc) is 2.92. The molecular weight excluding hydrogens is 452 g/mol. The summed E-state index contributed by atoms with van der Waals surface area (Å²) in [6.07, 6.45) is 6.90. The summed E-state index contributed by atoms with van der Waals surface area (Å²) < 4.78 is 5.49. The highest BCUT2D eigenvalue weighted by Gasteiger charge is 2.24. The molecule has 2 amide bonds. The molecule has 36 heavy (non-hydrogen) atoms. The molecule has 1 atom stereocenters. The Balaban J connectivity index is 1.58. The van der Waals surface area contributed by atoms with Gasteiger partial charge in [0, 0.05) is 18.2 Å². The SMILES string of the molecule is COc1cc(C(=O)N(C)C2C=CC=CC2=C=O)ccc1NC(=O)c1ccccc1-c1ccc(C)cc1. The van der Waals surface area contributed by atoms with Crippen LogP contribution in [0.2, 0.25) is 0 Å². The monoisotopic (exact) mass is 478 g/mol. The van der Waals surface area contributed by atoms with E-state index >= 15 is 0 Å². The molecule has 4 rings (SSSR count). The fourth-order valence-electron chi connectivity index (χ4n) is 4.08. The first-order valence-electron chi connectivity index (χ1n) is 11.5. The topological polar surface area (TPSA) is 75.7 Å². The van der Waals surface area contributed by atoms with Gasteiger partial charge in [0.05, 0.1) is 24.4 Å². The van der Waals surface area contributed by atoms with E-state index in [2.05, 4.69) is 5.32 Å². The van der Waals surface area contributed by atoms with Crippen molar-refractivity contribution in [2.24, 2.45) is 0 Å². The lowest BCUT2D eigenvalue weighted by atomic mass is 9.98. The van der Waals surface area contributed by atoms with Crippen LogP contribution in [-0.2, 0) is 4.79 Å². The number of anilines is 1. The highest BCUT2D eigenvalue weighted by atomic mass is 16.5. The maximum absolute atomic E-state index is 13.3. The Hall–Kier alpha value is -4.67. The van der Waals surface area contributed by atoms with Crippen molar-refractivity contribution in [2.75, 3.05) is 19.5 Å². The largest absolute Gasteiger partial charge is 0.495 e. The van der Waals surface area contributed by atoms with Gasteiger partial charge in [0.1, 0.15) is 11.7 Å². The van der Waals surface area contributed by atoms with Crippen LogP contribution in [0.1, 0.15) is 26.3 Å². The minimum absolute atomic E-state index is 0.291. The maximum atomic E-state index is 13.3. The number of nitrogens with zero attached hydrogens (tertiary/aromatic N) is 1. The molecule has 0 fully saturated rings. The second-order valence-electron chi connectivity index (χ2n) is 8.44. The number of rotatable bonds is 6. The van der Waals surface area contributed by atoms with Gasteiger partial charge in [0.15, 0.2) is 0 Å². The van der Waals surface area contributed by atoms with Gasteiger partial charge < -0.3 is 15.0 Å². The van der Waals surface area contributed by atoms with Gasteiger partial charge in [0.2, 0.25) is 0 Å². The number of carbonyl (C=O) groups is 2. The number of ether oxygens (including phenoxy) is 1. The third-order valence-corrected chi connectivity index (χ3v) is 6.09. The van der Waals surface area contributed by atoms with E-state index in [-0.39, 0.29) is 11.8 Å². The van der Waals surface area contributed by atoms with Gasteiger partial charge in [-0.1, -0.05) is 66.3 Å². The van der Waals surface area contributed by atoms with E-state index in [0.29, 0.717) is 28.1 Å². The molecule has 0 heterocycles. The lowest BCUT2D eigenvalue weighted by Gasteiger charge is -2.26. The van der Waals surface area contributed by atoms with Gasteiger partial charge in [0.25, 0.3) is 11.8 Å². The molecule has 6 nitrogen and oxygen atoms in total. The molecule has 3 aromatic rings. The molecule has 0 aromatic heterocycles. The molecule has 1 aliphatic rings. The van der Waals surface area contributed by atoms with Crippen LogP contribution in [-0.4, -0.2) is 42.9 Å². The molecule has 3 aromatic carbocycles. The Morgan fingerprint density at radius 2 is 1.75 bits per heavy atom. The minimum atomic E-state index is -0.511. The van der Waals surface area contributed by atoms with E-state index in [0.717, 1.165) is 16.7 Å². The smallest absolute Gasteiger partial charge is 0.256 e. The molecule has 0 bridgehead atoms. The number of allylic oxidation sites excluding steroid dienone is 2. The van der Waals surface area contributed by atoms with Crippen molar-refractivity contribution in [3.63, 3.8) is 0 Å². The maximum Gasteiger partial charge on any atom is 0.256 e. The summed E-state index contributed by atoms with van der Waals surface area (Å²) in [5, 5.41) is 2.91. The summed E-state index contributed by atoms with van der Waals surface area (Å²) in [5.41, 5.74) is 4.59. The van der Waals surface area contributed by atoms with Crippen LogP contribution in [0.5, 0.6) is 5.75 Å². The predicted molar refractivity (Wildman–Crippen MR) is 141 cm³/mol. The van der Waals surface area contributed by atoms with Gasteiger partial charge in [-0.05, 0) is 48.4 Å². The molecule has 1 aliphatic carbocycles. The van der Waals surface area contributed by atoms with Gasteiger partial charge in [-0.3, -0.25) is 9.59 Å². The summed E-state index contributed by atoms with van der Waals surface area (Å²) in [4.78, 5) is 39.1. The standard InChI is InChI=1S/C30H26N2O4/c1-20-12-14-21(15-13-20)24-9-5-6-10-25(24)29(34)31-26-17-16-22(18-28(26)36-3)30(35)32(2)27-11-7-4-8-23(27)19-33/h4-18,27H,1-3H3,(H,31,34). The highest BCUT2D eigenvalue weighted by molar-refractivity contribution is 6.09. The number of methoxy groups -OCH3 is 1. The zero-order valence-electron chi connectivity index (χ0n) is 20.3. The van der Waals surface area contributed by atoms with Crippen LogP contribution in [0, 0.1) is 6.92 Å². The van der Waals surface area contributed by atoms with Gasteiger partial charge in [-0.2, -0.15) is 0 Å². The van der Waals surface area contributed by atoms with Crippen molar-refractivity contribution >= 4 is 23.4 Å². The average molecular weight is 479 g/mol. The highest BCUT2D eigenvalue weighted by Crippen LogP contribution is 2.30. The second kappa shape index (κ2) is 10.7. The quantitative estimate of drug-likeness (QED) is 0.491. The number of hydrogen-bond donors (Lipinski definition) is 1. The summed E-state index contributed by atoms with van der Waals surface area (Å²) in [6.45, 7) is 2.02. The Labute approximate surface area is 210 Å². The summed E-state index contributed by atoms with van der Waals surface area (Å²) in [5.74, 6) is 1.65. The molecule has 1 unspecified atom stereocenters. The lowest BCUT2D eigenvalue weighted by molar-refractivity contribution is 0.0778. The van der Waals surface area contributed by atoms with E-state index in [1.165, 1.54) is 12.0 Å². The molecule has 1 N–H and O–H groups in total. The van der Waals surface area contributed by atoms with E-state index in [9.17, 15) is 14.4 Å². The van der Waals surface area contributed by atoms with Crippen molar-refractivity contribution in [3.05, 3.63) is 113 Å². The van der Waals surface area contributed by atoms with Crippen LogP contribution < -0.4 is 10.1 Å². The molecule has 0 saturated carbocycles. The number of amides is 2. The zero-order valence-corrected chi connectivity index (χ0v) is 20.3. The van der Waals surface area contributed by atoms with Crippen molar-refractivity contribution < 1.29 is 19.1 Å². The third kappa shape index (κ3) is 5.04. The van der Waals surface area contributed by atoms with E-state index in [4.69, 9.17) is 4.74 Å². The molecule has 6 heteroatoms. The third-order valence-electron chi connectivity index (χ3n) is 6.09. The number of likely N-dealkylation sites (N-methyl/N-ethyl adjacent to an activating group) is 1. The van der Waals surface area contributed by atoms with Crippen LogP contribution in [0.3, 0.4) is 0 Å². The second-order valence-corrected chi connectivity index (χ2v) is 8.44. The zero-order chi connectivity index (χ0) is 25.7. The number of aryl methyl sites for hydroxylation is 1. The van der Waals surface area contributed by atoms with Crippen LogP contribution >= 0.6 is 0 Å². The Kier molecular flexibility index (Phi) is 7.28. The van der Waals surface area contributed by atoms with Crippen LogP contribution in [0.4, 0.5) is 5.69 Å². The van der Waals surface area contributed by atoms with E-state index in [1.807, 2.05) is 55.3 Å². The normalized spacial score (nSPS) is 14.2. The number of hydrogen-bond acceptors (Lipinski definition) is 4. The molecule has 180 valence electrons. The van der Waals surface area contributed by atoms with Crippen LogP contribution in [0.15, 0.2) is 96.6 Å². The molecule has 0 radical (unpaired) electrons. The van der Waals surface area contributed by atoms with Crippen molar-refractivity contribution in [1.82, 2.24) is 4.90 Å². The fourth-order valence-corrected chi connectivity index (χ4v) is 4.08. The lowest BCUT2D eigenvalue weighted by Crippen LogP contribution is -2.37. The molecule has 0 aliphatic heterocycles. The van der Waals surface area contributed by atoms with Crippen molar-refractivity contribution in [3.8, 4) is 16.9 Å². The molecule has 0 spiro atoms. The minimum Gasteiger partial charge on any atom is -0.495 e. The number of carbonyl (C=O) groups excluding carboxylic acids is 3. The summed E-state index contributed by atoms with van der Waals surface area (Å²) in [6, 6.07) is 19.7. The molecule has 0 saturated heterocycles. The van der Waals surface area contributed by atoms with E-state index in [1.54, 1.807) is 55.6 Å². The Bertz CT molecular complexity index is 1410. The first kappa shape index (κ1) is 24.5. The van der Waals surface area contributed by atoms with Crippen molar-refractivity contribution in [2.45, 2.75) is 13.0 Å². The van der Waals surface area contributed by atoms with Crippen LogP contribution in [0.25, 0.3) is 11.1 Å². The number of benzene rings is 3.